The zero-order valence-corrected chi connectivity index (χ0v) is 21.6. The highest BCUT2D eigenvalue weighted by atomic mass is 35.5. The Morgan fingerprint density at radius 1 is 1.11 bits per heavy atom. The second-order valence-electron chi connectivity index (χ2n) is 9.25. The predicted molar refractivity (Wildman–Crippen MR) is 145 cm³/mol. The lowest BCUT2D eigenvalue weighted by Crippen LogP contribution is -2.37. The van der Waals surface area contributed by atoms with E-state index in [0.717, 1.165) is 35.6 Å². The van der Waals surface area contributed by atoms with E-state index in [1.165, 1.54) is 22.9 Å². The van der Waals surface area contributed by atoms with Gasteiger partial charge in [-0.15, -0.1) is 12.4 Å². The van der Waals surface area contributed by atoms with Gasteiger partial charge in [0.15, 0.2) is 0 Å². The monoisotopic (exact) mass is 524 g/mol. The predicted octanol–water partition coefficient (Wildman–Crippen LogP) is 3.60. The number of aliphatic hydroxyl groups is 1. The van der Waals surface area contributed by atoms with E-state index in [4.69, 9.17) is 10.2 Å². The summed E-state index contributed by atoms with van der Waals surface area (Å²) in [6.07, 6.45) is 0. The van der Waals surface area contributed by atoms with Gasteiger partial charge in [-0.1, -0.05) is 18.2 Å². The maximum absolute atomic E-state index is 13.7. The van der Waals surface area contributed by atoms with E-state index in [9.17, 15) is 14.3 Å². The van der Waals surface area contributed by atoms with Gasteiger partial charge in [0, 0.05) is 43.7 Å². The molecule has 5 rings (SSSR count). The van der Waals surface area contributed by atoms with Gasteiger partial charge in [0.05, 0.1) is 23.6 Å². The standard InChI is InChI=1S/C27H29FN6O2.ClH/c1-18-5-3-4-6-23(18)34-24(36)12-11-22(30-34)25-26(20-7-9-21(28)10-8-20)31-33-17-19(15-29-27(25)33)16-32(2)13-14-35;/h3-12,19,29,35H,13-17H2,1-2H3;1H. The van der Waals surface area contributed by atoms with Crippen LogP contribution in [-0.2, 0) is 6.54 Å². The number of hydrogen-bond donors (Lipinski definition) is 2. The molecule has 0 fully saturated rings. The van der Waals surface area contributed by atoms with Gasteiger partial charge in [0.2, 0.25) is 0 Å². The number of nitrogens with one attached hydrogen (secondary N) is 1. The van der Waals surface area contributed by atoms with Crippen LogP contribution in [0.5, 0.6) is 0 Å². The van der Waals surface area contributed by atoms with Crippen molar-refractivity contribution in [1.82, 2.24) is 24.5 Å². The molecule has 1 aliphatic rings. The van der Waals surface area contributed by atoms with Crippen LogP contribution in [0.1, 0.15) is 5.56 Å². The van der Waals surface area contributed by atoms with Gasteiger partial charge in [-0.3, -0.25) is 4.79 Å². The third-order valence-corrected chi connectivity index (χ3v) is 6.51. The highest BCUT2D eigenvalue weighted by molar-refractivity contribution is 5.87. The van der Waals surface area contributed by atoms with Crippen LogP contribution < -0.4 is 10.9 Å². The third-order valence-electron chi connectivity index (χ3n) is 6.51. The van der Waals surface area contributed by atoms with Crippen molar-refractivity contribution < 1.29 is 9.50 Å². The number of benzene rings is 2. The van der Waals surface area contributed by atoms with Crippen molar-refractivity contribution >= 4 is 18.2 Å². The van der Waals surface area contributed by atoms with Crippen molar-refractivity contribution in [3.63, 3.8) is 0 Å². The van der Waals surface area contributed by atoms with E-state index < -0.39 is 0 Å². The van der Waals surface area contributed by atoms with Gasteiger partial charge < -0.3 is 15.3 Å². The highest BCUT2D eigenvalue weighted by Crippen LogP contribution is 2.38. The zero-order valence-electron chi connectivity index (χ0n) is 20.8. The van der Waals surface area contributed by atoms with Crippen LogP contribution in [0.2, 0.25) is 0 Å². The molecule has 0 bridgehead atoms. The van der Waals surface area contributed by atoms with Gasteiger partial charge in [0.1, 0.15) is 17.3 Å². The molecule has 2 N–H and O–H groups in total. The number of aromatic nitrogens is 4. The van der Waals surface area contributed by atoms with Crippen molar-refractivity contribution in [2.45, 2.75) is 13.5 Å². The summed E-state index contributed by atoms with van der Waals surface area (Å²) >= 11 is 0. The summed E-state index contributed by atoms with van der Waals surface area (Å²) in [6.45, 7) is 4.89. The molecule has 2 aromatic heterocycles. The molecular weight excluding hydrogens is 495 g/mol. The lowest BCUT2D eigenvalue weighted by Gasteiger charge is -2.29. The molecule has 0 saturated carbocycles. The van der Waals surface area contributed by atoms with E-state index in [2.05, 4.69) is 10.2 Å². The van der Waals surface area contributed by atoms with Gasteiger partial charge in [-0.2, -0.15) is 14.9 Å². The number of para-hydroxylation sites is 1. The maximum Gasteiger partial charge on any atom is 0.271 e. The van der Waals surface area contributed by atoms with Crippen molar-refractivity contribution in [2.24, 2.45) is 5.92 Å². The summed E-state index contributed by atoms with van der Waals surface area (Å²) in [7, 11) is 1.99. The fourth-order valence-electron chi connectivity index (χ4n) is 4.72. The Morgan fingerprint density at radius 2 is 1.86 bits per heavy atom. The topological polar surface area (TPSA) is 88.2 Å². The molecule has 4 aromatic rings. The van der Waals surface area contributed by atoms with E-state index >= 15 is 0 Å². The molecule has 37 heavy (non-hydrogen) atoms. The van der Waals surface area contributed by atoms with Crippen molar-refractivity contribution in [3.05, 3.63) is 82.4 Å². The second kappa shape index (κ2) is 11.2. The molecule has 0 aliphatic carbocycles. The Hall–Kier alpha value is -3.53. The Kier molecular flexibility index (Phi) is 8.06. The molecule has 0 spiro atoms. The van der Waals surface area contributed by atoms with Gasteiger partial charge >= 0.3 is 0 Å². The summed E-state index contributed by atoms with van der Waals surface area (Å²) < 4.78 is 17.0. The molecule has 0 radical (unpaired) electrons. The summed E-state index contributed by atoms with van der Waals surface area (Å²) in [5, 5.41) is 22.4. The van der Waals surface area contributed by atoms with Crippen LogP contribution in [0.3, 0.4) is 0 Å². The normalized spacial score (nSPS) is 14.7. The summed E-state index contributed by atoms with van der Waals surface area (Å²) in [6, 6.07) is 17.1. The van der Waals surface area contributed by atoms with Crippen molar-refractivity contribution in [1.29, 1.82) is 0 Å². The van der Waals surface area contributed by atoms with Crippen LogP contribution in [-0.4, -0.2) is 62.9 Å². The summed E-state index contributed by atoms with van der Waals surface area (Å²) in [5.74, 6) is 0.787. The van der Waals surface area contributed by atoms with Crippen LogP contribution in [0.4, 0.5) is 10.2 Å². The maximum atomic E-state index is 13.7. The first-order valence-corrected chi connectivity index (χ1v) is 12.0. The number of nitrogens with zero attached hydrogens (tertiary/aromatic N) is 5. The molecule has 8 nitrogen and oxygen atoms in total. The van der Waals surface area contributed by atoms with Gasteiger partial charge in [-0.25, -0.2) is 9.07 Å². The van der Waals surface area contributed by atoms with Gasteiger partial charge in [0.25, 0.3) is 5.56 Å². The first-order chi connectivity index (χ1) is 17.4. The van der Waals surface area contributed by atoms with E-state index in [1.807, 2.05) is 42.9 Å². The van der Waals surface area contributed by atoms with Crippen LogP contribution >= 0.6 is 12.4 Å². The SMILES string of the molecule is Cc1ccccc1-n1nc(-c2c(-c3ccc(F)cc3)nn3c2NCC(CN(C)CCO)C3)ccc1=O.Cl. The summed E-state index contributed by atoms with van der Waals surface area (Å²) in [5.41, 5.74) is 4.23. The molecule has 0 amide bonds. The quantitative estimate of drug-likeness (QED) is 0.384. The van der Waals surface area contributed by atoms with Crippen molar-refractivity contribution in [2.75, 3.05) is 38.6 Å². The number of halogens is 2. The molecule has 194 valence electrons. The zero-order chi connectivity index (χ0) is 25.2. The fraction of sp³-hybridized carbons (Fsp3) is 0.296. The van der Waals surface area contributed by atoms with E-state index in [-0.39, 0.29) is 36.3 Å². The minimum Gasteiger partial charge on any atom is -0.395 e. The second-order valence-corrected chi connectivity index (χ2v) is 9.25. The molecule has 1 aliphatic heterocycles. The van der Waals surface area contributed by atoms with E-state index in [0.29, 0.717) is 30.2 Å². The Labute approximate surface area is 220 Å². The Morgan fingerprint density at radius 3 is 2.59 bits per heavy atom. The minimum atomic E-state index is -0.319. The summed E-state index contributed by atoms with van der Waals surface area (Å²) in [4.78, 5) is 14.9. The Balaban J connectivity index is 0.00000320. The largest absolute Gasteiger partial charge is 0.395 e. The highest BCUT2D eigenvalue weighted by Gasteiger charge is 2.28. The number of aryl methyl sites for hydroxylation is 1. The molecule has 0 saturated heterocycles. The lowest BCUT2D eigenvalue weighted by atomic mass is 10.0. The average molecular weight is 525 g/mol. The van der Waals surface area contributed by atoms with Crippen LogP contribution in [0.15, 0.2) is 65.5 Å². The van der Waals surface area contributed by atoms with Crippen molar-refractivity contribution in [3.8, 4) is 28.2 Å². The van der Waals surface area contributed by atoms with Gasteiger partial charge in [-0.05, 0) is 55.9 Å². The Bertz CT molecular complexity index is 1440. The molecule has 2 aromatic carbocycles. The van der Waals surface area contributed by atoms with Crippen LogP contribution in [0.25, 0.3) is 28.2 Å². The number of hydrogen-bond acceptors (Lipinski definition) is 6. The number of aliphatic hydroxyl groups excluding tert-OH is 1. The average Bonchev–Trinajstić information content (AvgIpc) is 3.24. The molecule has 1 unspecified atom stereocenters. The number of anilines is 1. The fourth-order valence-corrected chi connectivity index (χ4v) is 4.72. The first-order valence-electron chi connectivity index (χ1n) is 12.0. The number of rotatable bonds is 7. The molecule has 1 atom stereocenters. The number of likely N-dealkylation sites (N-methyl/N-ethyl adjacent to an activating group) is 1. The lowest BCUT2D eigenvalue weighted by molar-refractivity contribution is 0.195. The minimum absolute atomic E-state index is 0. The van der Waals surface area contributed by atoms with E-state index in [1.54, 1.807) is 18.2 Å². The number of fused-ring (bicyclic) bond motifs is 1. The first kappa shape index (κ1) is 26.5. The molecule has 10 heteroatoms. The van der Waals surface area contributed by atoms with Crippen LogP contribution in [0, 0.1) is 18.7 Å². The smallest absolute Gasteiger partial charge is 0.271 e. The molecule has 3 heterocycles. The third kappa shape index (κ3) is 5.44. The molecular formula is C27H30ClFN6O2.